The minimum atomic E-state index is -0.331. The number of allylic oxidation sites excluding steroid dienone is 1. The molecule has 1 atom stereocenters. The fourth-order valence-corrected chi connectivity index (χ4v) is 3.96. The Balaban J connectivity index is 1.59. The van der Waals surface area contributed by atoms with Crippen LogP contribution >= 0.6 is 0 Å². The van der Waals surface area contributed by atoms with Crippen LogP contribution in [0.2, 0.25) is 0 Å². The molecule has 0 spiro atoms. The highest BCUT2D eigenvalue weighted by Gasteiger charge is 2.19. The molecule has 0 heterocycles. The molecule has 1 aliphatic rings. The van der Waals surface area contributed by atoms with Gasteiger partial charge in [-0.25, -0.2) is 4.79 Å². The largest absolute Gasteiger partial charge is 0.465 e. The number of carbonyl (C=O) groups excluding carboxylic acids is 2. The summed E-state index contributed by atoms with van der Waals surface area (Å²) in [7, 11) is 1.38. The zero-order chi connectivity index (χ0) is 22.2. The third-order valence-corrected chi connectivity index (χ3v) is 5.80. The second kappa shape index (κ2) is 10.6. The van der Waals surface area contributed by atoms with Gasteiger partial charge in [0.1, 0.15) is 0 Å². The van der Waals surface area contributed by atoms with Crippen LogP contribution in [-0.4, -0.2) is 19.0 Å². The number of esters is 1. The van der Waals surface area contributed by atoms with E-state index in [4.69, 9.17) is 4.74 Å². The van der Waals surface area contributed by atoms with Gasteiger partial charge >= 0.3 is 5.97 Å². The molecule has 31 heavy (non-hydrogen) atoms. The number of amides is 1. The molecule has 0 aliphatic heterocycles. The summed E-state index contributed by atoms with van der Waals surface area (Å²) in [5.74, 6) is -0.636. The van der Waals surface area contributed by atoms with Crippen LogP contribution in [0, 0.1) is 24.2 Å². The van der Waals surface area contributed by atoms with Crippen molar-refractivity contribution in [3.63, 3.8) is 0 Å². The molecule has 0 aromatic heterocycles. The lowest BCUT2D eigenvalue weighted by Gasteiger charge is -2.19. The summed E-state index contributed by atoms with van der Waals surface area (Å²) in [6, 6.07) is 15.7. The number of hydrogen-bond donors (Lipinski definition) is 1. The SMILES string of the molecule is COC(=O)c1ccc(CCc2ccc(NC(=O)C=C3CCCCC3C#N)cc2C)cc1. The van der Waals surface area contributed by atoms with E-state index in [1.807, 2.05) is 37.3 Å². The summed E-state index contributed by atoms with van der Waals surface area (Å²) in [5.41, 5.74) is 5.73. The van der Waals surface area contributed by atoms with Crippen molar-refractivity contribution in [2.45, 2.75) is 45.4 Å². The Bertz CT molecular complexity index is 1020. The molecule has 1 saturated carbocycles. The average molecular weight is 417 g/mol. The third kappa shape index (κ3) is 6.05. The number of aryl methyl sites for hydroxylation is 3. The molecule has 1 unspecified atom stereocenters. The molecule has 3 rings (SSSR count). The highest BCUT2D eigenvalue weighted by molar-refractivity contribution is 6.00. The van der Waals surface area contributed by atoms with Crippen LogP contribution in [0.25, 0.3) is 0 Å². The average Bonchev–Trinajstić information content (AvgIpc) is 2.78. The standard InChI is InChI=1S/C26H28N2O3/c1-18-15-24(28-25(29)16-22-5-3-4-6-23(22)17-27)14-13-20(18)10-7-19-8-11-21(12-9-19)26(30)31-2/h8-9,11-16,23H,3-7,10H2,1-2H3,(H,28,29). The number of nitrogens with zero attached hydrogens (tertiary/aromatic N) is 1. The van der Waals surface area contributed by atoms with Crippen LogP contribution in [0.15, 0.2) is 54.1 Å². The molecule has 160 valence electrons. The third-order valence-electron chi connectivity index (χ3n) is 5.80. The van der Waals surface area contributed by atoms with Crippen molar-refractivity contribution in [2.75, 3.05) is 12.4 Å². The molecule has 2 aromatic rings. The number of anilines is 1. The summed E-state index contributed by atoms with van der Waals surface area (Å²) in [5, 5.41) is 12.2. The first-order valence-electron chi connectivity index (χ1n) is 10.7. The van der Waals surface area contributed by atoms with E-state index in [2.05, 4.69) is 11.4 Å². The number of carbonyl (C=O) groups is 2. The van der Waals surface area contributed by atoms with Gasteiger partial charge in [0, 0.05) is 11.8 Å². The molecule has 1 N–H and O–H groups in total. The van der Waals surface area contributed by atoms with Gasteiger partial charge in [-0.15, -0.1) is 0 Å². The van der Waals surface area contributed by atoms with Crippen molar-refractivity contribution in [2.24, 2.45) is 5.92 Å². The van der Waals surface area contributed by atoms with Crippen LogP contribution in [-0.2, 0) is 22.4 Å². The summed E-state index contributed by atoms with van der Waals surface area (Å²) in [4.78, 5) is 23.9. The molecule has 5 nitrogen and oxygen atoms in total. The maximum atomic E-state index is 12.4. The van der Waals surface area contributed by atoms with E-state index in [1.54, 1.807) is 18.2 Å². The van der Waals surface area contributed by atoms with Crippen molar-refractivity contribution in [3.05, 3.63) is 76.4 Å². The highest BCUT2D eigenvalue weighted by atomic mass is 16.5. The van der Waals surface area contributed by atoms with E-state index in [1.165, 1.54) is 12.7 Å². The molecule has 2 aromatic carbocycles. The molecular formula is C26H28N2O3. The van der Waals surface area contributed by atoms with E-state index in [0.717, 1.165) is 60.9 Å². The second-order valence-electron chi connectivity index (χ2n) is 7.97. The van der Waals surface area contributed by atoms with Gasteiger partial charge < -0.3 is 10.1 Å². The van der Waals surface area contributed by atoms with Crippen molar-refractivity contribution >= 4 is 17.6 Å². The van der Waals surface area contributed by atoms with E-state index < -0.39 is 0 Å². The lowest BCUT2D eigenvalue weighted by atomic mass is 9.85. The lowest BCUT2D eigenvalue weighted by molar-refractivity contribution is -0.112. The van der Waals surface area contributed by atoms with Crippen LogP contribution in [0.4, 0.5) is 5.69 Å². The van der Waals surface area contributed by atoms with Gasteiger partial charge in [-0.1, -0.05) is 24.6 Å². The van der Waals surface area contributed by atoms with Crippen LogP contribution in [0.3, 0.4) is 0 Å². The Morgan fingerprint density at radius 3 is 2.61 bits per heavy atom. The van der Waals surface area contributed by atoms with Crippen molar-refractivity contribution in [3.8, 4) is 6.07 Å². The van der Waals surface area contributed by atoms with E-state index in [-0.39, 0.29) is 17.8 Å². The fourth-order valence-electron chi connectivity index (χ4n) is 3.96. The molecule has 1 amide bonds. The smallest absolute Gasteiger partial charge is 0.337 e. The number of benzene rings is 2. The molecule has 0 radical (unpaired) electrons. The van der Waals surface area contributed by atoms with Crippen LogP contribution < -0.4 is 5.32 Å². The molecule has 1 aliphatic carbocycles. The second-order valence-corrected chi connectivity index (χ2v) is 7.97. The molecular weight excluding hydrogens is 388 g/mol. The van der Waals surface area contributed by atoms with Crippen LogP contribution in [0.5, 0.6) is 0 Å². The van der Waals surface area contributed by atoms with Gasteiger partial charge in [-0.05, 0) is 85.6 Å². The predicted octanol–water partition coefficient (Wildman–Crippen LogP) is 5.15. The first kappa shape index (κ1) is 22.3. The first-order valence-corrected chi connectivity index (χ1v) is 10.7. The summed E-state index contributed by atoms with van der Waals surface area (Å²) in [6.07, 6.45) is 7.08. The highest BCUT2D eigenvalue weighted by Crippen LogP contribution is 2.28. The van der Waals surface area contributed by atoms with Gasteiger partial charge in [0.2, 0.25) is 5.91 Å². The minimum absolute atomic E-state index is 0.134. The zero-order valence-corrected chi connectivity index (χ0v) is 18.1. The van der Waals surface area contributed by atoms with Crippen molar-refractivity contribution in [1.29, 1.82) is 5.26 Å². The van der Waals surface area contributed by atoms with E-state index in [9.17, 15) is 14.9 Å². The fraction of sp³-hybridized carbons (Fsp3) is 0.346. The Labute approximate surface area is 183 Å². The van der Waals surface area contributed by atoms with Crippen molar-refractivity contribution < 1.29 is 14.3 Å². The number of hydrogen-bond acceptors (Lipinski definition) is 4. The summed E-state index contributed by atoms with van der Waals surface area (Å²) < 4.78 is 4.73. The van der Waals surface area contributed by atoms with E-state index in [0.29, 0.717) is 5.56 Å². The number of ether oxygens (including phenoxy) is 1. The molecule has 1 fully saturated rings. The van der Waals surface area contributed by atoms with Gasteiger partial charge in [-0.2, -0.15) is 5.26 Å². The number of rotatable bonds is 6. The van der Waals surface area contributed by atoms with Crippen LogP contribution in [0.1, 0.15) is 52.7 Å². The van der Waals surface area contributed by atoms with Crippen molar-refractivity contribution in [1.82, 2.24) is 0 Å². The zero-order valence-electron chi connectivity index (χ0n) is 18.1. The lowest BCUT2D eigenvalue weighted by Crippen LogP contribution is -2.14. The summed E-state index contributed by atoms with van der Waals surface area (Å²) in [6.45, 7) is 2.04. The van der Waals surface area contributed by atoms with E-state index >= 15 is 0 Å². The molecule has 0 bridgehead atoms. The quantitative estimate of drug-likeness (QED) is 0.522. The van der Waals surface area contributed by atoms with Gasteiger partial charge in [0.15, 0.2) is 0 Å². The Kier molecular flexibility index (Phi) is 7.61. The summed E-state index contributed by atoms with van der Waals surface area (Å²) >= 11 is 0. The van der Waals surface area contributed by atoms with Gasteiger partial charge in [-0.3, -0.25) is 4.79 Å². The molecule has 0 saturated heterocycles. The normalized spacial score (nSPS) is 17.1. The maximum Gasteiger partial charge on any atom is 0.337 e. The first-order chi connectivity index (χ1) is 15.0. The number of nitriles is 1. The van der Waals surface area contributed by atoms with Gasteiger partial charge in [0.25, 0.3) is 0 Å². The molecule has 5 heteroatoms. The maximum absolute atomic E-state index is 12.4. The number of methoxy groups -OCH3 is 1. The topological polar surface area (TPSA) is 79.2 Å². The Morgan fingerprint density at radius 1 is 1.16 bits per heavy atom. The Hall–Kier alpha value is -3.39. The van der Waals surface area contributed by atoms with Gasteiger partial charge in [0.05, 0.1) is 24.7 Å². The minimum Gasteiger partial charge on any atom is -0.465 e. The predicted molar refractivity (Wildman–Crippen MR) is 121 cm³/mol. The Morgan fingerprint density at radius 2 is 1.94 bits per heavy atom. The monoisotopic (exact) mass is 416 g/mol. The number of nitrogens with one attached hydrogen (secondary N) is 1.